The predicted octanol–water partition coefficient (Wildman–Crippen LogP) is 4.72. The molecule has 0 unspecified atom stereocenters. The van der Waals surface area contributed by atoms with Crippen molar-refractivity contribution in [2.24, 2.45) is 0 Å². The summed E-state index contributed by atoms with van der Waals surface area (Å²) in [6.07, 6.45) is -0.411. The lowest BCUT2D eigenvalue weighted by molar-refractivity contribution is -0.127. The van der Waals surface area contributed by atoms with Gasteiger partial charge in [-0.15, -0.1) is 0 Å². The minimum absolute atomic E-state index is 0.0615. The van der Waals surface area contributed by atoms with Crippen LogP contribution >= 0.6 is 0 Å². The number of hydrogen-bond donors (Lipinski definition) is 3. The zero-order chi connectivity index (χ0) is 26.3. The third-order valence-electron chi connectivity index (χ3n) is 6.41. The van der Waals surface area contributed by atoms with E-state index < -0.39 is 23.3 Å². The van der Waals surface area contributed by atoms with Crippen LogP contribution in [0.5, 0.6) is 0 Å². The molecule has 0 spiro atoms. The summed E-state index contributed by atoms with van der Waals surface area (Å²) in [7, 11) is 0. The Morgan fingerprint density at radius 2 is 1.33 bits per heavy atom. The molecule has 0 aliphatic heterocycles. The smallest absolute Gasteiger partial charge is 0.408 e. The van der Waals surface area contributed by atoms with E-state index in [1.807, 2.05) is 38.1 Å². The third-order valence-corrected chi connectivity index (χ3v) is 6.41. The summed E-state index contributed by atoms with van der Waals surface area (Å²) in [6, 6.07) is 16.3. The zero-order valence-electron chi connectivity index (χ0n) is 21.8. The Balaban J connectivity index is 1.56. The maximum atomic E-state index is 13.0. The summed E-state index contributed by atoms with van der Waals surface area (Å²) in [5, 5.41) is 8.19. The Bertz CT molecular complexity index is 1040. The van der Waals surface area contributed by atoms with Gasteiger partial charge in [-0.25, -0.2) is 9.59 Å². The molecule has 8 nitrogen and oxygen atoms in total. The Morgan fingerprint density at radius 3 is 1.86 bits per heavy atom. The van der Waals surface area contributed by atoms with Crippen LogP contribution in [0.15, 0.2) is 48.5 Å². The van der Waals surface area contributed by atoms with E-state index in [2.05, 4.69) is 40.2 Å². The second-order valence-corrected chi connectivity index (χ2v) is 9.92. The summed E-state index contributed by atoms with van der Waals surface area (Å²) in [5.41, 5.74) is 2.84. The molecule has 0 bridgehead atoms. The van der Waals surface area contributed by atoms with Gasteiger partial charge in [-0.2, -0.15) is 0 Å². The first-order valence-electron chi connectivity index (χ1n) is 12.5. The van der Waals surface area contributed by atoms with Crippen molar-refractivity contribution >= 4 is 18.1 Å². The van der Waals surface area contributed by atoms with Crippen molar-refractivity contribution in [1.29, 1.82) is 0 Å². The fourth-order valence-corrected chi connectivity index (χ4v) is 4.46. The van der Waals surface area contributed by atoms with Crippen LogP contribution in [0.2, 0.25) is 0 Å². The van der Waals surface area contributed by atoms with E-state index in [4.69, 9.17) is 9.47 Å². The van der Waals surface area contributed by atoms with Crippen molar-refractivity contribution < 1.29 is 23.9 Å². The van der Waals surface area contributed by atoms with Gasteiger partial charge in [-0.05, 0) is 55.9 Å². The van der Waals surface area contributed by atoms with Crippen molar-refractivity contribution in [2.75, 3.05) is 19.7 Å². The van der Waals surface area contributed by atoms with Crippen LogP contribution < -0.4 is 16.0 Å². The lowest BCUT2D eigenvalue weighted by Crippen LogP contribution is -2.59. The van der Waals surface area contributed by atoms with Gasteiger partial charge in [-0.3, -0.25) is 4.79 Å². The number of rotatable bonds is 9. The molecular weight excluding hydrogens is 458 g/mol. The van der Waals surface area contributed by atoms with Gasteiger partial charge in [0.15, 0.2) is 0 Å². The second-order valence-electron chi connectivity index (χ2n) is 9.92. The van der Waals surface area contributed by atoms with E-state index in [1.165, 1.54) is 0 Å². The molecule has 2 aromatic rings. The van der Waals surface area contributed by atoms with Gasteiger partial charge in [0.05, 0.1) is 0 Å². The van der Waals surface area contributed by atoms with Crippen molar-refractivity contribution in [2.45, 2.75) is 64.5 Å². The van der Waals surface area contributed by atoms with E-state index in [1.54, 1.807) is 20.8 Å². The largest absolute Gasteiger partial charge is 0.449 e. The first kappa shape index (κ1) is 27.0. The SMILES string of the molecule is CCC(CC)(NC(=O)OCC1c2ccccc2-c2ccccc21)C(=O)NCCNC(=O)OC(C)(C)C. The minimum Gasteiger partial charge on any atom is -0.449 e. The number of carbonyl (C=O) groups excluding carboxylic acids is 3. The number of nitrogens with one attached hydrogen (secondary N) is 3. The lowest BCUT2D eigenvalue weighted by Gasteiger charge is -2.31. The highest BCUT2D eigenvalue weighted by molar-refractivity contribution is 5.90. The Hall–Kier alpha value is -3.55. The highest BCUT2D eigenvalue weighted by Gasteiger charge is 2.37. The van der Waals surface area contributed by atoms with E-state index in [-0.39, 0.29) is 31.5 Å². The maximum absolute atomic E-state index is 13.0. The summed E-state index contributed by atoms with van der Waals surface area (Å²) >= 11 is 0. The summed E-state index contributed by atoms with van der Waals surface area (Å²) in [4.78, 5) is 37.6. The summed E-state index contributed by atoms with van der Waals surface area (Å²) in [6.45, 7) is 9.59. The molecule has 194 valence electrons. The fourth-order valence-electron chi connectivity index (χ4n) is 4.46. The Morgan fingerprint density at radius 1 is 0.806 bits per heavy atom. The quantitative estimate of drug-likeness (QED) is 0.437. The van der Waals surface area contributed by atoms with Crippen molar-refractivity contribution in [3.8, 4) is 11.1 Å². The molecule has 0 fully saturated rings. The topological polar surface area (TPSA) is 106 Å². The Labute approximate surface area is 213 Å². The van der Waals surface area contributed by atoms with Crippen LogP contribution in [-0.4, -0.2) is 48.9 Å². The van der Waals surface area contributed by atoms with Gasteiger partial charge >= 0.3 is 12.2 Å². The molecule has 0 saturated carbocycles. The summed E-state index contributed by atoms with van der Waals surface area (Å²) in [5.74, 6) is -0.388. The molecule has 8 heteroatoms. The van der Waals surface area contributed by atoms with Crippen molar-refractivity contribution in [1.82, 2.24) is 16.0 Å². The van der Waals surface area contributed by atoms with Gasteiger partial charge in [0, 0.05) is 19.0 Å². The maximum Gasteiger partial charge on any atom is 0.408 e. The molecule has 0 atom stereocenters. The standard InChI is InChI=1S/C28H37N3O5/c1-6-28(7-2,24(32)29-16-17-30-25(33)36-27(3,4)5)31-26(34)35-18-23-21-14-10-8-12-19(21)20-13-9-11-15-22(20)23/h8-15,23H,6-7,16-18H2,1-5H3,(H,29,32)(H,30,33)(H,31,34). The molecule has 0 radical (unpaired) electrons. The van der Waals surface area contributed by atoms with Gasteiger partial charge in [0.25, 0.3) is 0 Å². The van der Waals surface area contributed by atoms with Crippen LogP contribution in [0.1, 0.15) is 64.5 Å². The van der Waals surface area contributed by atoms with Crippen LogP contribution in [0.25, 0.3) is 11.1 Å². The number of hydrogen-bond acceptors (Lipinski definition) is 5. The van der Waals surface area contributed by atoms with E-state index in [0.717, 1.165) is 22.3 Å². The van der Waals surface area contributed by atoms with Crippen molar-refractivity contribution in [3.05, 3.63) is 59.7 Å². The molecule has 1 aliphatic rings. The van der Waals surface area contributed by atoms with Crippen molar-refractivity contribution in [3.63, 3.8) is 0 Å². The Kier molecular flexibility index (Phi) is 8.61. The normalized spacial score (nSPS) is 12.8. The molecule has 3 amide bonds. The highest BCUT2D eigenvalue weighted by atomic mass is 16.6. The van der Waals surface area contributed by atoms with Crippen LogP contribution in [0.4, 0.5) is 9.59 Å². The number of benzene rings is 2. The van der Waals surface area contributed by atoms with Crippen LogP contribution in [0.3, 0.4) is 0 Å². The molecule has 0 aromatic heterocycles. The van der Waals surface area contributed by atoms with Crippen LogP contribution in [0, 0.1) is 0 Å². The van der Waals surface area contributed by atoms with E-state index in [0.29, 0.717) is 12.8 Å². The van der Waals surface area contributed by atoms with E-state index >= 15 is 0 Å². The predicted molar refractivity (Wildman–Crippen MR) is 139 cm³/mol. The molecule has 3 N–H and O–H groups in total. The van der Waals surface area contributed by atoms with Gasteiger partial charge < -0.3 is 25.4 Å². The van der Waals surface area contributed by atoms with E-state index in [9.17, 15) is 14.4 Å². The molecule has 36 heavy (non-hydrogen) atoms. The molecule has 0 heterocycles. The van der Waals surface area contributed by atoms with Crippen LogP contribution in [-0.2, 0) is 14.3 Å². The third kappa shape index (κ3) is 6.36. The van der Waals surface area contributed by atoms with Gasteiger partial charge in [0.2, 0.25) is 5.91 Å². The molecule has 0 saturated heterocycles. The monoisotopic (exact) mass is 495 g/mol. The first-order valence-corrected chi connectivity index (χ1v) is 12.5. The minimum atomic E-state index is -1.12. The zero-order valence-corrected chi connectivity index (χ0v) is 21.8. The van der Waals surface area contributed by atoms with Gasteiger partial charge in [0.1, 0.15) is 17.7 Å². The van der Waals surface area contributed by atoms with Gasteiger partial charge in [-0.1, -0.05) is 62.4 Å². The number of carbonyl (C=O) groups is 3. The molecule has 1 aliphatic carbocycles. The fraction of sp³-hybridized carbons (Fsp3) is 0.464. The second kappa shape index (κ2) is 11.5. The molecular formula is C28H37N3O5. The molecule has 2 aromatic carbocycles. The number of alkyl carbamates (subject to hydrolysis) is 2. The number of fused-ring (bicyclic) bond motifs is 3. The average molecular weight is 496 g/mol. The average Bonchev–Trinajstić information content (AvgIpc) is 3.16. The number of amides is 3. The highest BCUT2D eigenvalue weighted by Crippen LogP contribution is 2.44. The molecule has 3 rings (SSSR count). The number of ether oxygens (including phenoxy) is 2. The first-order chi connectivity index (χ1) is 17.1. The lowest BCUT2D eigenvalue weighted by atomic mass is 9.92. The summed E-state index contributed by atoms with van der Waals surface area (Å²) < 4.78 is 10.8.